The maximum absolute atomic E-state index is 13.8. The van der Waals surface area contributed by atoms with Crippen LogP contribution in [0.5, 0.6) is 0 Å². The highest BCUT2D eigenvalue weighted by Gasteiger charge is 2.18. The van der Waals surface area contributed by atoms with Gasteiger partial charge in [-0.2, -0.15) is 5.10 Å². The molecule has 0 fully saturated rings. The van der Waals surface area contributed by atoms with Gasteiger partial charge in [0.05, 0.1) is 11.7 Å². The summed E-state index contributed by atoms with van der Waals surface area (Å²) in [7, 11) is 0. The van der Waals surface area contributed by atoms with Crippen molar-refractivity contribution < 1.29 is 18.4 Å². The van der Waals surface area contributed by atoms with Gasteiger partial charge in [-0.25, -0.2) is 18.7 Å². The molecule has 0 aliphatic heterocycles. The summed E-state index contributed by atoms with van der Waals surface area (Å²) in [5.74, 6) is -2.26. The molecule has 0 unspecified atom stereocenters. The SMILES string of the molecule is CC(=O)c1cc(C(=O)NCc2ccc3oc(=O)[nH]c3c2)nc2c(F)cnn12. The highest BCUT2D eigenvalue weighted by Crippen LogP contribution is 2.14. The van der Waals surface area contributed by atoms with Crippen molar-refractivity contribution in [2.24, 2.45) is 0 Å². The molecule has 2 N–H and O–H groups in total. The van der Waals surface area contributed by atoms with Crippen LogP contribution in [0.4, 0.5) is 4.39 Å². The van der Waals surface area contributed by atoms with Crippen molar-refractivity contribution >= 4 is 28.4 Å². The highest BCUT2D eigenvalue weighted by atomic mass is 19.1. The Labute approximate surface area is 149 Å². The molecule has 4 aromatic rings. The molecule has 0 saturated heterocycles. The van der Waals surface area contributed by atoms with Crippen LogP contribution in [0.15, 0.2) is 39.7 Å². The van der Waals surface area contributed by atoms with Crippen molar-refractivity contribution in [1.82, 2.24) is 24.9 Å². The fraction of sp³-hybridized carbons (Fsp3) is 0.118. The molecule has 0 spiro atoms. The lowest BCUT2D eigenvalue weighted by molar-refractivity contribution is 0.0946. The number of H-pyrrole nitrogens is 1. The van der Waals surface area contributed by atoms with Crippen LogP contribution in [0.3, 0.4) is 0 Å². The first kappa shape index (κ1) is 16.6. The van der Waals surface area contributed by atoms with Crippen LogP contribution in [0.2, 0.25) is 0 Å². The molecule has 1 aromatic carbocycles. The zero-order valence-electron chi connectivity index (χ0n) is 13.9. The van der Waals surface area contributed by atoms with Crippen LogP contribution >= 0.6 is 0 Å². The number of benzene rings is 1. The van der Waals surface area contributed by atoms with E-state index in [1.165, 1.54) is 13.0 Å². The third-order valence-electron chi connectivity index (χ3n) is 3.96. The molecule has 1 amide bonds. The van der Waals surface area contributed by atoms with Crippen LogP contribution in [-0.4, -0.2) is 31.3 Å². The largest absolute Gasteiger partial charge is 0.417 e. The number of nitrogens with zero attached hydrogens (tertiary/aromatic N) is 3. The van der Waals surface area contributed by atoms with Gasteiger partial charge in [-0.05, 0) is 23.8 Å². The molecule has 10 heteroatoms. The Kier molecular flexibility index (Phi) is 3.80. The number of carbonyl (C=O) groups excluding carboxylic acids is 2. The zero-order valence-corrected chi connectivity index (χ0v) is 13.9. The van der Waals surface area contributed by atoms with Gasteiger partial charge in [-0.3, -0.25) is 14.6 Å². The van der Waals surface area contributed by atoms with E-state index in [4.69, 9.17) is 4.42 Å². The van der Waals surface area contributed by atoms with Gasteiger partial charge in [-0.15, -0.1) is 0 Å². The van der Waals surface area contributed by atoms with Crippen LogP contribution in [-0.2, 0) is 6.54 Å². The monoisotopic (exact) mass is 369 g/mol. The van der Waals surface area contributed by atoms with E-state index < -0.39 is 17.5 Å². The Morgan fingerprint density at radius 1 is 1.33 bits per heavy atom. The Bertz CT molecular complexity index is 1270. The first-order chi connectivity index (χ1) is 12.9. The summed E-state index contributed by atoms with van der Waals surface area (Å²) in [6.45, 7) is 1.42. The van der Waals surface area contributed by atoms with Gasteiger partial charge in [0, 0.05) is 13.5 Å². The molecule has 27 heavy (non-hydrogen) atoms. The summed E-state index contributed by atoms with van der Waals surface area (Å²) in [4.78, 5) is 41.8. The van der Waals surface area contributed by atoms with Gasteiger partial charge in [0.25, 0.3) is 5.91 Å². The third kappa shape index (κ3) is 2.97. The number of oxazole rings is 1. The van der Waals surface area contributed by atoms with Gasteiger partial charge < -0.3 is 9.73 Å². The number of hydrogen-bond acceptors (Lipinski definition) is 6. The molecule has 0 atom stereocenters. The minimum Gasteiger partial charge on any atom is -0.408 e. The van der Waals surface area contributed by atoms with E-state index in [1.54, 1.807) is 18.2 Å². The van der Waals surface area contributed by atoms with Gasteiger partial charge in [0.15, 0.2) is 22.8 Å². The predicted octanol–water partition coefficient (Wildman–Crippen LogP) is 1.44. The Balaban J connectivity index is 1.61. The zero-order chi connectivity index (χ0) is 19.1. The minimum atomic E-state index is -0.735. The summed E-state index contributed by atoms with van der Waals surface area (Å²) in [6.07, 6.45) is 0.928. The minimum absolute atomic E-state index is 0.0476. The Morgan fingerprint density at radius 3 is 2.93 bits per heavy atom. The van der Waals surface area contributed by atoms with Crippen molar-refractivity contribution in [3.8, 4) is 0 Å². The van der Waals surface area contributed by atoms with Crippen molar-refractivity contribution in [1.29, 1.82) is 0 Å². The second kappa shape index (κ2) is 6.16. The normalized spacial score (nSPS) is 11.2. The lowest BCUT2D eigenvalue weighted by Gasteiger charge is -2.07. The number of rotatable bonds is 4. The van der Waals surface area contributed by atoms with E-state index >= 15 is 0 Å². The number of carbonyl (C=O) groups is 2. The lowest BCUT2D eigenvalue weighted by atomic mass is 10.2. The smallest absolute Gasteiger partial charge is 0.408 e. The van der Waals surface area contributed by atoms with E-state index in [1.807, 2.05) is 0 Å². The average molecular weight is 369 g/mol. The second-order valence-corrected chi connectivity index (χ2v) is 5.84. The lowest BCUT2D eigenvalue weighted by Crippen LogP contribution is -2.25. The van der Waals surface area contributed by atoms with E-state index in [0.29, 0.717) is 16.7 Å². The molecule has 0 radical (unpaired) electrons. The van der Waals surface area contributed by atoms with Crippen LogP contribution < -0.4 is 11.1 Å². The Morgan fingerprint density at radius 2 is 2.15 bits per heavy atom. The van der Waals surface area contributed by atoms with Crippen LogP contribution in [0.1, 0.15) is 33.5 Å². The summed E-state index contributed by atoms with van der Waals surface area (Å²) in [5, 5.41) is 6.39. The van der Waals surface area contributed by atoms with E-state index in [2.05, 4.69) is 20.4 Å². The molecule has 0 aliphatic carbocycles. The van der Waals surface area contributed by atoms with Crippen LogP contribution in [0.25, 0.3) is 16.7 Å². The molecular formula is C17H12FN5O4. The van der Waals surface area contributed by atoms with Gasteiger partial charge in [-0.1, -0.05) is 6.07 Å². The standard InChI is InChI=1S/C17H12FN5O4/c1-8(24)13-5-12(21-15-10(18)7-20-23(13)15)16(25)19-6-9-2-3-14-11(4-9)22-17(26)27-14/h2-5,7H,6H2,1H3,(H,19,25)(H,22,26). The predicted molar refractivity (Wildman–Crippen MR) is 91.0 cm³/mol. The van der Waals surface area contributed by atoms with Crippen molar-refractivity contribution in [3.63, 3.8) is 0 Å². The molecule has 0 aliphatic rings. The summed E-state index contributed by atoms with van der Waals surface area (Å²) in [5.41, 5.74) is 1.36. The van der Waals surface area contributed by atoms with Gasteiger partial charge in [0.1, 0.15) is 11.4 Å². The molecule has 0 saturated carbocycles. The molecular weight excluding hydrogens is 357 g/mol. The molecule has 9 nitrogen and oxygen atoms in total. The molecule has 0 bridgehead atoms. The topological polar surface area (TPSA) is 122 Å². The number of Topliss-reactive ketones (excluding diaryl/α,β-unsaturated/α-hetero) is 1. The summed E-state index contributed by atoms with van der Waals surface area (Å²) >= 11 is 0. The highest BCUT2D eigenvalue weighted by molar-refractivity contribution is 5.98. The second-order valence-electron chi connectivity index (χ2n) is 5.84. The van der Waals surface area contributed by atoms with E-state index in [0.717, 1.165) is 10.7 Å². The van der Waals surface area contributed by atoms with Crippen molar-refractivity contribution in [2.45, 2.75) is 13.5 Å². The maximum Gasteiger partial charge on any atom is 0.417 e. The number of amides is 1. The van der Waals surface area contributed by atoms with Gasteiger partial charge >= 0.3 is 5.76 Å². The molecule has 136 valence electrons. The van der Waals surface area contributed by atoms with E-state index in [-0.39, 0.29) is 29.4 Å². The number of aromatic amines is 1. The average Bonchev–Trinajstić information content (AvgIpc) is 3.20. The van der Waals surface area contributed by atoms with Crippen LogP contribution in [0, 0.1) is 5.82 Å². The number of aromatic nitrogens is 4. The first-order valence-electron chi connectivity index (χ1n) is 7.87. The summed E-state index contributed by atoms with van der Waals surface area (Å²) < 4.78 is 19.8. The van der Waals surface area contributed by atoms with Gasteiger partial charge in [0.2, 0.25) is 0 Å². The number of hydrogen-bond donors (Lipinski definition) is 2. The summed E-state index contributed by atoms with van der Waals surface area (Å²) in [6, 6.07) is 6.21. The number of fused-ring (bicyclic) bond motifs is 2. The maximum atomic E-state index is 13.8. The Hall–Kier alpha value is -3.82. The van der Waals surface area contributed by atoms with Crippen molar-refractivity contribution in [3.05, 3.63) is 63.8 Å². The number of halogens is 1. The fourth-order valence-electron chi connectivity index (χ4n) is 2.69. The molecule has 3 aromatic heterocycles. The van der Waals surface area contributed by atoms with Crippen molar-refractivity contribution in [2.75, 3.05) is 0 Å². The van der Waals surface area contributed by atoms with E-state index in [9.17, 15) is 18.8 Å². The molecule has 3 heterocycles. The first-order valence-corrected chi connectivity index (χ1v) is 7.87. The number of nitrogens with one attached hydrogen (secondary N) is 2. The third-order valence-corrected chi connectivity index (χ3v) is 3.96. The fourth-order valence-corrected chi connectivity index (χ4v) is 2.69. The quantitative estimate of drug-likeness (QED) is 0.525. The molecule has 4 rings (SSSR count). The number of ketones is 1.